The van der Waals surface area contributed by atoms with Crippen LogP contribution in [0.5, 0.6) is 0 Å². The van der Waals surface area contributed by atoms with Crippen LogP contribution in [0.2, 0.25) is 0 Å². The van der Waals surface area contributed by atoms with E-state index in [0.29, 0.717) is 12.3 Å². The van der Waals surface area contributed by atoms with Crippen molar-refractivity contribution in [3.05, 3.63) is 0 Å². The molecule has 2 N–H and O–H groups in total. The maximum absolute atomic E-state index is 11.4. The van der Waals surface area contributed by atoms with Crippen LogP contribution in [0.4, 0.5) is 4.79 Å². The van der Waals surface area contributed by atoms with Gasteiger partial charge in [0.05, 0.1) is 0 Å². The summed E-state index contributed by atoms with van der Waals surface area (Å²) in [4.78, 5) is 33.6. The number of nitrogens with one attached hydrogen (secondary N) is 2. The standard InChI is InChI=1S/C11H18N2O3.Na.H/c1-3-4-7(2)5-6-8-9(14)12-11(16)13-10(8)15;;/h7-8H,3-6H2,1-2H3,(H2,12,13,14,15,16);;. The van der Waals surface area contributed by atoms with Crippen LogP contribution in [0.15, 0.2) is 0 Å². The van der Waals surface area contributed by atoms with Gasteiger partial charge >= 0.3 is 35.6 Å². The fourth-order valence-corrected chi connectivity index (χ4v) is 1.90. The summed E-state index contributed by atoms with van der Waals surface area (Å²) in [5.74, 6) is -1.16. The number of urea groups is 1. The molecule has 1 atom stereocenters. The molecule has 1 saturated heterocycles. The zero-order chi connectivity index (χ0) is 12.1. The van der Waals surface area contributed by atoms with E-state index in [2.05, 4.69) is 24.5 Å². The SMILES string of the molecule is CCCC(C)CCC1C(=O)NC(=O)NC1=O.[NaH]. The molecule has 0 saturated carbocycles. The predicted molar refractivity (Wildman–Crippen MR) is 65.6 cm³/mol. The van der Waals surface area contributed by atoms with E-state index in [0.717, 1.165) is 19.3 Å². The van der Waals surface area contributed by atoms with Crippen molar-refractivity contribution < 1.29 is 14.4 Å². The number of rotatable bonds is 5. The average Bonchev–Trinajstić information content (AvgIpc) is 2.16. The van der Waals surface area contributed by atoms with Crippen molar-refractivity contribution in [2.75, 3.05) is 0 Å². The van der Waals surface area contributed by atoms with Crippen LogP contribution >= 0.6 is 0 Å². The first kappa shape index (κ1) is 16.6. The third-order valence-electron chi connectivity index (χ3n) is 2.84. The van der Waals surface area contributed by atoms with Crippen molar-refractivity contribution in [1.29, 1.82) is 0 Å². The van der Waals surface area contributed by atoms with Gasteiger partial charge in [0.2, 0.25) is 11.8 Å². The van der Waals surface area contributed by atoms with Gasteiger partial charge in [0.15, 0.2) is 0 Å². The zero-order valence-corrected chi connectivity index (χ0v) is 9.71. The molecule has 0 aromatic carbocycles. The van der Waals surface area contributed by atoms with E-state index in [1.807, 2.05) is 0 Å². The normalized spacial score (nSPS) is 18.1. The fourth-order valence-electron chi connectivity index (χ4n) is 1.90. The van der Waals surface area contributed by atoms with Crippen LogP contribution in [0.25, 0.3) is 0 Å². The molecule has 1 unspecified atom stereocenters. The Labute approximate surface area is 123 Å². The fraction of sp³-hybridized carbons (Fsp3) is 0.727. The monoisotopic (exact) mass is 250 g/mol. The molecule has 0 aliphatic carbocycles. The van der Waals surface area contributed by atoms with Crippen LogP contribution < -0.4 is 10.6 Å². The van der Waals surface area contributed by atoms with Gasteiger partial charge in [-0.2, -0.15) is 0 Å². The summed E-state index contributed by atoms with van der Waals surface area (Å²) >= 11 is 0. The third-order valence-corrected chi connectivity index (χ3v) is 2.84. The van der Waals surface area contributed by atoms with Gasteiger partial charge in [-0.15, -0.1) is 0 Å². The van der Waals surface area contributed by atoms with Gasteiger partial charge in [0.1, 0.15) is 5.92 Å². The summed E-state index contributed by atoms with van der Waals surface area (Å²) in [7, 11) is 0. The average molecular weight is 250 g/mol. The topological polar surface area (TPSA) is 75.3 Å². The maximum atomic E-state index is 11.4. The first-order valence-corrected chi connectivity index (χ1v) is 5.70. The summed E-state index contributed by atoms with van der Waals surface area (Å²) in [5, 5.41) is 4.21. The van der Waals surface area contributed by atoms with Gasteiger partial charge in [0, 0.05) is 0 Å². The predicted octanol–water partition coefficient (Wildman–Crippen LogP) is 0.536. The van der Waals surface area contributed by atoms with E-state index < -0.39 is 23.8 Å². The number of amides is 4. The second-order valence-electron chi connectivity index (χ2n) is 4.33. The van der Waals surface area contributed by atoms with Crippen LogP contribution in [-0.2, 0) is 9.59 Å². The third kappa shape index (κ3) is 5.19. The van der Waals surface area contributed by atoms with E-state index in [1.165, 1.54) is 0 Å². The molecule has 1 fully saturated rings. The number of carbonyl (C=O) groups excluding carboxylic acids is 3. The molecule has 0 radical (unpaired) electrons. The number of imide groups is 2. The molecule has 1 aliphatic heterocycles. The van der Waals surface area contributed by atoms with Crippen LogP contribution in [0.1, 0.15) is 39.5 Å². The van der Waals surface area contributed by atoms with E-state index >= 15 is 0 Å². The van der Waals surface area contributed by atoms with E-state index in [-0.39, 0.29) is 29.6 Å². The van der Waals surface area contributed by atoms with Crippen molar-refractivity contribution in [2.24, 2.45) is 11.8 Å². The Balaban J connectivity index is 0.00000256. The summed E-state index contributed by atoms with van der Waals surface area (Å²) in [5.41, 5.74) is 0. The van der Waals surface area contributed by atoms with E-state index in [4.69, 9.17) is 0 Å². The Morgan fingerprint density at radius 1 is 1.12 bits per heavy atom. The van der Waals surface area contributed by atoms with Crippen molar-refractivity contribution >= 4 is 47.4 Å². The summed E-state index contributed by atoms with van der Waals surface area (Å²) in [6, 6.07) is -0.715. The number of hydrogen-bond acceptors (Lipinski definition) is 3. The first-order chi connectivity index (χ1) is 7.54. The van der Waals surface area contributed by atoms with Gasteiger partial charge in [-0.05, 0) is 18.8 Å². The van der Waals surface area contributed by atoms with Crippen molar-refractivity contribution in [3.63, 3.8) is 0 Å². The molecule has 0 aromatic rings. The molecule has 1 aliphatic rings. The number of carbonyl (C=O) groups is 3. The van der Waals surface area contributed by atoms with E-state index in [1.54, 1.807) is 0 Å². The molecule has 0 bridgehead atoms. The van der Waals surface area contributed by atoms with Crippen molar-refractivity contribution in [3.8, 4) is 0 Å². The van der Waals surface area contributed by atoms with Gasteiger partial charge in [-0.25, -0.2) is 4.79 Å². The first-order valence-electron chi connectivity index (χ1n) is 5.70. The minimum atomic E-state index is -0.715. The second-order valence-corrected chi connectivity index (χ2v) is 4.33. The molecule has 4 amide bonds. The van der Waals surface area contributed by atoms with Gasteiger partial charge < -0.3 is 0 Å². The zero-order valence-electron chi connectivity index (χ0n) is 9.71. The summed E-state index contributed by atoms with van der Waals surface area (Å²) < 4.78 is 0. The molecule has 92 valence electrons. The Hall–Kier alpha value is -0.390. The Morgan fingerprint density at radius 3 is 2.12 bits per heavy atom. The number of hydrogen-bond donors (Lipinski definition) is 2. The van der Waals surface area contributed by atoms with Gasteiger partial charge in [-0.1, -0.05) is 26.7 Å². The molecule has 0 spiro atoms. The van der Waals surface area contributed by atoms with Crippen molar-refractivity contribution in [2.45, 2.75) is 39.5 Å². The molecule has 6 heteroatoms. The molecule has 1 rings (SSSR count). The molecular weight excluding hydrogens is 231 g/mol. The summed E-state index contributed by atoms with van der Waals surface area (Å²) in [6.45, 7) is 4.21. The van der Waals surface area contributed by atoms with E-state index in [9.17, 15) is 14.4 Å². The van der Waals surface area contributed by atoms with Gasteiger partial charge in [-0.3, -0.25) is 20.2 Å². The molecule has 5 nitrogen and oxygen atoms in total. The van der Waals surface area contributed by atoms with Crippen molar-refractivity contribution in [1.82, 2.24) is 10.6 Å². The molecule has 1 heterocycles. The molecule has 0 aromatic heterocycles. The Kier molecular flexibility index (Phi) is 7.66. The number of barbiturate groups is 1. The Bertz CT molecular complexity index is 287. The van der Waals surface area contributed by atoms with Crippen LogP contribution in [0, 0.1) is 11.8 Å². The molecular formula is C11H19N2NaO3. The summed E-state index contributed by atoms with van der Waals surface area (Å²) in [6.07, 6.45) is 3.53. The minimum absolute atomic E-state index is 0. The second kappa shape index (κ2) is 7.84. The Morgan fingerprint density at radius 2 is 1.65 bits per heavy atom. The van der Waals surface area contributed by atoms with Crippen LogP contribution in [-0.4, -0.2) is 47.4 Å². The van der Waals surface area contributed by atoms with Gasteiger partial charge in [0.25, 0.3) is 0 Å². The van der Waals surface area contributed by atoms with Crippen LogP contribution in [0.3, 0.4) is 0 Å². The molecule has 17 heavy (non-hydrogen) atoms. The quantitative estimate of drug-likeness (QED) is 0.552.